The quantitative estimate of drug-likeness (QED) is 0.131. The maximum absolute atomic E-state index is 8.52. The van der Waals surface area contributed by atoms with E-state index in [0.29, 0.717) is 0 Å². The van der Waals surface area contributed by atoms with Crippen LogP contribution in [0.4, 0.5) is 0 Å². The number of pyridine rings is 4. The molecule has 2 saturated heterocycles. The molecule has 0 N–H and O–H groups in total. The zero-order valence-electron chi connectivity index (χ0n) is 23.0. The number of rotatable bonds is 5. The van der Waals surface area contributed by atoms with Crippen molar-refractivity contribution in [2.75, 3.05) is 0 Å². The monoisotopic (exact) mass is 592 g/mol. The molecule has 0 radical (unpaired) electrons. The van der Waals surface area contributed by atoms with Crippen LogP contribution in [0.1, 0.15) is 11.4 Å². The van der Waals surface area contributed by atoms with Gasteiger partial charge in [0, 0.05) is 81.0 Å². The summed E-state index contributed by atoms with van der Waals surface area (Å²) in [5, 5.41) is 4.34. The van der Waals surface area contributed by atoms with Crippen molar-refractivity contribution in [3.8, 4) is 0 Å². The van der Waals surface area contributed by atoms with Crippen molar-refractivity contribution in [3.05, 3.63) is 142 Å². The van der Waals surface area contributed by atoms with Gasteiger partial charge in [0.25, 0.3) is 0 Å². The van der Waals surface area contributed by atoms with Crippen LogP contribution in [-0.2, 0) is 31.0 Å². The summed E-state index contributed by atoms with van der Waals surface area (Å²) in [5.74, 6) is 3.69. The molecule has 0 spiro atoms. The smallest absolute Gasteiger partial charge is 0.302 e. The van der Waals surface area contributed by atoms with Crippen LogP contribution in [0.3, 0.4) is 0 Å². The molecule has 0 amide bonds. The second kappa shape index (κ2) is 9.53. The minimum absolute atomic E-state index is 0.504. The van der Waals surface area contributed by atoms with E-state index in [2.05, 4.69) is 80.3 Å². The minimum Gasteiger partial charge on any atom is -0.759 e. The van der Waals surface area contributed by atoms with Crippen LogP contribution in [0, 0.1) is 13.8 Å². The molecular weight excluding hydrogens is 568 g/mol. The third-order valence-corrected chi connectivity index (χ3v) is 7.88. The third kappa shape index (κ3) is 4.04. The summed E-state index contributed by atoms with van der Waals surface area (Å²) in [6.07, 6.45) is 20.9. The normalized spacial score (nSPS) is 22.3. The number of nitrogens with zero attached hydrogens (tertiary/aromatic N) is 4. The van der Waals surface area contributed by atoms with E-state index >= 15 is 0 Å². The molecule has 2 aliphatic carbocycles. The van der Waals surface area contributed by atoms with Crippen LogP contribution in [-0.4, -0.2) is 27.5 Å². The van der Waals surface area contributed by atoms with Crippen LogP contribution < -0.4 is 30.0 Å². The molecule has 4 aromatic heterocycles. The Morgan fingerprint density at radius 3 is 1.37 bits per heavy atom. The first-order valence-electron chi connectivity index (χ1n) is 13.4. The van der Waals surface area contributed by atoms with Crippen molar-refractivity contribution in [1.29, 1.82) is 0 Å². The molecule has 11 heteroatoms. The average Bonchev–Trinajstić information content (AvgIpc) is 3.68. The van der Waals surface area contributed by atoms with Gasteiger partial charge in [0.1, 0.15) is 0 Å². The Bertz CT molecular complexity index is 2100. The molecular formula is C32H24N4O6S. The molecule has 214 valence electrons. The summed E-state index contributed by atoms with van der Waals surface area (Å²) < 4.78 is 50.9. The second-order valence-corrected chi connectivity index (χ2v) is 11.3. The molecule has 6 heterocycles. The average molecular weight is 593 g/mol. The Morgan fingerprint density at radius 1 is 0.651 bits per heavy atom. The molecule has 4 aromatic rings. The van der Waals surface area contributed by atoms with E-state index < -0.39 is 21.5 Å². The first-order chi connectivity index (χ1) is 20.6. The maximum Gasteiger partial charge on any atom is 0.302 e. The molecule has 2 fully saturated rings. The fourth-order valence-electron chi connectivity index (χ4n) is 6.13. The molecule has 2 aliphatic heterocycles. The minimum atomic E-state index is -5.17. The number of aryl methyl sites for hydroxylation is 2. The van der Waals surface area contributed by atoms with Crippen LogP contribution >= 0.6 is 0 Å². The highest BCUT2D eigenvalue weighted by atomic mass is 32.3. The summed E-state index contributed by atoms with van der Waals surface area (Å²) in [5.41, 5.74) is 0.944. The van der Waals surface area contributed by atoms with Gasteiger partial charge in [-0.3, -0.25) is 18.4 Å². The largest absolute Gasteiger partial charge is 0.759 e. The fourth-order valence-corrected chi connectivity index (χ4v) is 6.13. The summed E-state index contributed by atoms with van der Waals surface area (Å²) >= 11 is 0. The van der Waals surface area contributed by atoms with Gasteiger partial charge in [-0.25, -0.2) is 0 Å². The van der Waals surface area contributed by atoms with E-state index in [0.717, 1.165) is 55.3 Å². The van der Waals surface area contributed by atoms with Crippen LogP contribution in [0.15, 0.2) is 110 Å². The highest BCUT2D eigenvalue weighted by Crippen LogP contribution is 2.48. The Kier molecular flexibility index (Phi) is 5.96. The van der Waals surface area contributed by atoms with Crippen molar-refractivity contribution < 1.29 is 36.1 Å². The van der Waals surface area contributed by atoms with Gasteiger partial charge in [-0.15, -0.1) is 0 Å². The Balaban J connectivity index is 0.000000558. The zero-order valence-corrected chi connectivity index (χ0v) is 23.9. The third-order valence-electron chi connectivity index (χ3n) is 7.88. The van der Waals surface area contributed by atoms with Crippen molar-refractivity contribution in [2.45, 2.75) is 24.9 Å². The van der Waals surface area contributed by atoms with Crippen LogP contribution in [0.25, 0.3) is 23.0 Å². The number of aromatic nitrogens is 4. The predicted octanol–water partition coefficient (Wildman–Crippen LogP) is -0.546. The Labute approximate surface area is 246 Å². The topological polar surface area (TPSA) is 132 Å². The predicted molar refractivity (Wildman–Crippen MR) is 150 cm³/mol. The number of allylic oxidation sites excluding steroid dienone is 2. The van der Waals surface area contributed by atoms with E-state index in [4.69, 9.17) is 27.0 Å². The standard InChI is InChI=1S/C32H24N4O2.H2O4S/c1-21-17-23-25(19-33-21)29-31(27(23)37-29,35-13-7-3-8-14-35)11-5-6-12-32(36-15-9-4-10-16-36)28-24-18-22(2)34-20-26(24)30(32)38-28;1-5(2,3)4/h3-20H,1-2H3;(H2,1,2,3,4)/q+2;/p-2/b11-5+,12-6+;. The lowest BCUT2D eigenvalue weighted by Crippen LogP contribution is -2.61. The van der Waals surface area contributed by atoms with E-state index in [9.17, 15) is 0 Å². The van der Waals surface area contributed by atoms with E-state index in [1.54, 1.807) is 0 Å². The maximum atomic E-state index is 8.52. The molecule has 0 saturated carbocycles. The van der Waals surface area contributed by atoms with E-state index in [-0.39, 0.29) is 0 Å². The lowest BCUT2D eigenvalue weighted by atomic mass is 9.88. The molecule has 8 rings (SSSR count). The van der Waals surface area contributed by atoms with Crippen LogP contribution in [0.5, 0.6) is 0 Å². The van der Waals surface area contributed by atoms with E-state index in [1.165, 1.54) is 0 Å². The molecule has 0 aromatic carbocycles. The first kappa shape index (κ1) is 26.9. The van der Waals surface area contributed by atoms with Gasteiger partial charge in [0.05, 0.1) is 10.4 Å². The van der Waals surface area contributed by atoms with Gasteiger partial charge in [-0.1, -0.05) is 24.3 Å². The zero-order chi connectivity index (χ0) is 30.0. The molecule has 4 bridgehead atoms. The number of hydrogen-bond acceptors (Lipinski definition) is 8. The van der Waals surface area contributed by atoms with Gasteiger partial charge >= 0.3 is 11.1 Å². The van der Waals surface area contributed by atoms with Gasteiger partial charge in [0.2, 0.25) is 0 Å². The van der Waals surface area contributed by atoms with Crippen molar-refractivity contribution in [3.63, 3.8) is 0 Å². The summed E-state index contributed by atoms with van der Waals surface area (Å²) in [7, 11) is -5.17. The lowest BCUT2D eigenvalue weighted by Gasteiger charge is -2.35. The molecule has 10 nitrogen and oxygen atoms in total. The van der Waals surface area contributed by atoms with Gasteiger partial charge in [-0.05, 0) is 26.0 Å². The van der Waals surface area contributed by atoms with Crippen molar-refractivity contribution in [2.24, 2.45) is 0 Å². The first-order valence-corrected chi connectivity index (χ1v) is 14.7. The van der Waals surface area contributed by atoms with Gasteiger partial charge < -0.3 is 18.6 Å². The van der Waals surface area contributed by atoms with Crippen LogP contribution in [0.2, 0.25) is 0 Å². The Morgan fingerprint density at radius 2 is 1.00 bits per heavy atom. The number of fused-ring (bicyclic) bond motifs is 6. The number of hydrogen-bond donors (Lipinski definition) is 0. The van der Waals surface area contributed by atoms with Gasteiger partial charge in [-0.2, -0.15) is 9.13 Å². The summed E-state index contributed by atoms with van der Waals surface area (Å²) in [4.78, 5) is 9.06. The van der Waals surface area contributed by atoms with Crippen molar-refractivity contribution >= 4 is 33.4 Å². The number of ether oxygens (including phenoxy) is 2. The summed E-state index contributed by atoms with van der Waals surface area (Å²) in [6.45, 7) is 4.02. The molecule has 2 unspecified atom stereocenters. The SMILES string of the molecule is Cc1cc2c(cn1)=C1OC=2C1(/C=C/C=C/C1([n+]2ccccc2)C2=c3cnc(C)cc3=C1O2)[n+]1ccccc1.O=S(=O)([O-])[O-]. The molecule has 2 atom stereocenters. The highest BCUT2D eigenvalue weighted by Gasteiger charge is 2.63. The van der Waals surface area contributed by atoms with Crippen molar-refractivity contribution in [1.82, 2.24) is 9.97 Å². The lowest BCUT2D eigenvalue weighted by molar-refractivity contribution is -0.734. The second-order valence-electron chi connectivity index (χ2n) is 10.5. The fraction of sp³-hybridized carbons (Fsp3) is 0.125. The van der Waals surface area contributed by atoms with E-state index in [1.807, 2.05) is 62.6 Å². The summed E-state index contributed by atoms with van der Waals surface area (Å²) in [6, 6.07) is 16.5. The highest BCUT2D eigenvalue weighted by molar-refractivity contribution is 7.79. The van der Waals surface area contributed by atoms with Gasteiger partial charge in [0.15, 0.2) is 47.8 Å². The molecule has 4 aliphatic rings. The molecule has 43 heavy (non-hydrogen) atoms. The Hall–Kier alpha value is -4.97.